The lowest BCUT2D eigenvalue weighted by Gasteiger charge is -2.07. The first-order chi connectivity index (χ1) is 11.2. The Hall–Kier alpha value is -2.07. The van der Waals surface area contributed by atoms with E-state index in [9.17, 15) is 4.79 Å². The van der Waals surface area contributed by atoms with Gasteiger partial charge in [0.25, 0.3) is 5.56 Å². The normalized spacial score (nSPS) is 11.0. The fourth-order valence-corrected chi connectivity index (χ4v) is 3.47. The maximum atomic E-state index is 12.2. The number of aromatic nitrogens is 2. The molecule has 4 heteroatoms. The molecule has 0 atom stereocenters. The fourth-order valence-electron chi connectivity index (χ4n) is 2.58. The third kappa shape index (κ3) is 3.64. The molecule has 23 heavy (non-hydrogen) atoms. The third-order valence-electron chi connectivity index (χ3n) is 3.88. The Balaban J connectivity index is 1.70. The van der Waals surface area contributed by atoms with E-state index in [1.165, 1.54) is 11.1 Å². The Kier molecular flexibility index (Phi) is 4.82. The smallest absolute Gasteiger partial charge is 0.258 e. The van der Waals surface area contributed by atoms with E-state index in [4.69, 9.17) is 0 Å². The van der Waals surface area contributed by atoms with E-state index in [0.29, 0.717) is 0 Å². The van der Waals surface area contributed by atoms with Gasteiger partial charge in [0, 0.05) is 23.3 Å². The zero-order valence-electron chi connectivity index (χ0n) is 13.5. The van der Waals surface area contributed by atoms with E-state index in [2.05, 4.69) is 36.2 Å². The van der Waals surface area contributed by atoms with Crippen molar-refractivity contribution in [3.05, 3.63) is 81.4 Å². The summed E-state index contributed by atoms with van der Waals surface area (Å²) in [6, 6.07) is 16.1. The van der Waals surface area contributed by atoms with Crippen molar-refractivity contribution in [2.24, 2.45) is 0 Å². The van der Waals surface area contributed by atoms with Crippen LogP contribution in [0.15, 0.2) is 53.3 Å². The van der Waals surface area contributed by atoms with Gasteiger partial charge in [0.05, 0.1) is 5.69 Å². The van der Waals surface area contributed by atoms with Gasteiger partial charge in [0.15, 0.2) is 0 Å². The van der Waals surface area contributed by atoms with Gasteiger partial charge in [-0.3, -0.25) is 9.20 Å². The molecular formula is C19H20N2OS. The number of pyridine rings is 1. The summed E-state index contributed by atoms with van der Waals surface area (Å²) < 4.78 is 1.65. The zero-order valence-corrected chi connectivity index (χ0v) is 14.3. The summed E-state index contributed by atoms with van der Waals surface area (Å²) in [5.41, 5.74) is 5.14. The molecule has 118 valence electrons. The predicted octanol–water partition coefficient (Wildman–Crippen LogP) is 4.00. The molecule has 0 saturated heterocycles. The van der Waals surface area contributed by atoms with Crippen LogP contribution in [0.1, 0.15) is 29.4 Å². The summed E-state index contributed by atoms with van der Waals surface area (Å²) in [6.07, 6.45) is 1.07. The Morgan fingerprint density at radius 3 is 2.52 bits per heavy atom. The van der Waals surface area contributed by atoms with Gasteiger partial charge in [-0.25, -0.2) is 4.98 Å². The number of aryl methyl sites for hydroxylation is 2. The topological polar surface area (TPSA) is 34.4 Å². The first-order valence-electron chi connectivity index (χ1n) is 7.81. The van der Waals surface area contributed by atoms with Crippen LogP contribution in [0.4, 0.5) is 0 Å². The van der Waals surface area contributed by atoms with Crippen LogP contribution in [-0.2, 0) is 17.9 Å². The molecule has 0 aliphatic rings. The molecule has 2 aromatic heterocycles. The number of rotatable bonds is 5. The minimum absolute atomic E-state index is 0.00370. The van der Waals surface area contributed by atoms with Gasteiger partial charge < -0.3 is 0 Å². The molecule has 0 amide bonds. The SMILES string of the molecule is CCc1ccc(CSCc2cc(=O)n3c(C)cccc3n2)cc1. The lowest BCUT2D eigenvalue weighted by Crippen LogP contribution is -2.17. The van der Waals surface area contributed by atoms with Crippen LogP contribution in [0.3, 0.4) is 0 Å². The van der Waals surface area contributed by atoms with E-state index in [1.54, 1.807) is 22.2 Å². The fraction of sp³-hybridized carbons (Fsp3) is 0.263. The van der Waals surface area contributed by atoms with Crippen LogP contribution >= 0.6 is 11.8 Å². The highest BCUT2D eigenvalue weighted by Gasteiger charge is 2.04. The van der Waals surface area contributed by atoms with E-state index in [-0.39, 0.29) is 5.56 Å². The van der Waals surface area contributed by atoms with Crippen molar-refractivity contribution in [2.45, 2.75) is 31.8 Å². The summed E-state index contributed by atoms with van der Waals surface area (Å²) in [6.45, 7) is 4.08. The number of fused-ring (bicyclic) bond motifs is 1. The van der Waals surface area contributed by atoms with Crippen LogP contribution in [0.2, 0.25) is 0 Å². The quantitative estimate of drug-likeness (QED) is 0.711. The second-order valence-corrected chi connectivity index (χ2v) is 6.59. The van der Waals surface area contributed by atoms with Crippen LogP contribution < -0.4 is 5.56 Å². The van der Waals surface area contributed by atoms with Gasteiger partial charge in [0.1, 0.15) is 5.65 Å². The molecule has 0 fully saturated rings. The Labute approximate surface area is 140 Å². The van der Waals surface area contributed by atoms with Crippen molar-refractivity contribution in [1.29, 1.82) is 0 Å². The van der Waals surface area contributed by atoms with Crippen molar-refractivity contribution < 1.29 is 0 Å². The zero-order chi connectivity index (χ0) is 16.2. The maximum absolute atomic E-state index is 12.2. The van der Waals surface area contributed by atoms with Crippen molar-refractivity contribution in [2.75, 3.05) is 0 Å². The molecule has 0 N–H and O–H groups in total. The molecule has 1 aromatic carbocycles. The third-order valence-corrected chi connectivity index (χ3v) is 4.92. The number of thioether (sulfide) groups is 1. The monoisotopic (exact) mass is 324 g/mol. The summed E-state index contributed by atoms with van der Waals surface area (Å²) in [5.74, 6) is 1.67. The molecule has 0 saturated carbocycles. The minimum atomic E-state index is -0.00370. The molecule has 3 rings (SSSR count). The predicted molar refractivity (Wildman–Crippen MR) is 97.0 cm³/mol. The number of nitrogens with zero attached hydrogens (tertiary/aromatic N) is 2. The van der Waals surface area contributed by atoms with Crippen LogP contribution in [0.5, 0.6) is 0 Å². The summed E-state index contributed by atoms with van der Waals surface area (Å²) in [5, 5.41) is 0. The van der Waals surface area contributed by atoms with Gasteiger partial charge in [-0.05, 0) is 36.6 Å². The second-order valence-electron chi connectivity index (χ2n) is 5.61. The van der Waals surface area contributed by atoms with E-state index >= 15 is 0 Å². The Morgan fingerprint density at radius 1 is 1.04 bits per heavy atom. The maximum Gasteiger partial charge on any atom is 0.258 e. The van der Waals surface area contributed by atoms with Crippen molar-refractivity contribution in [1.82, 2.24) is 9.38 Å². The Bertz CT molecular complexity index is 869. The lowest BCUT2D eigenvalue weighted by atomic mass is 10.1. The first-order valence-corrected chi connectivity index (χ1v) is 8.96. The van der Waals surface area contributed by atoms with Crippen molar-refractivity contribution >= 4 is 17.4 Å². The van der Waals surface area contributed by atoms with E-state index in [0.717, 1.165) is 35.0 Å². The minimum Gasteiger partial charge on any atom is -0.269 e. The molecule has 0 bridgehead atoms. The number of benzene rings is 1. The Morgan fingerprint density at radius 2 is 1.78 bits per heavy atom. The van der Waals surface area contributed by atoms with Gasteiger partial charge in [-0.15, -0.1) is 0 Å². The average molecular weight is 324 g/mol. The summed E-state index contributed by atoms with van der Waals surface area (Å²) in [7, 11) is 0. The van der Waals surface area contributed by atoms with Crippen LogP contribution in [-0.4, -0.2) is 9.38 Å². The van der Waals surface area contributed by atoms with Gasteiger partial charge >= 0.3 is 0 Å². The largest absolute Gasteiger partial charge is 0.269 e. The molecular weight excluding hydrogens is 304 g/mol. The standard InChI is InChI=1S/C19H20N2OS/c1-3-15-7-9-16(10-8-15)12-23-13-17-11-19(22)21-14(2)5-4-6-18(21)20-17/h4-11H,3,12-13H2,1-2H3. The van der Waals surface area contributed by atoms with Gasteiger partial charge in [0.2, 0.25) is 0 Å². The van der Waals surface area contributed by atoms with E-state index < -0.39 is 0 Å². The highest BCUT2D eigenvalue weighted by atomic mass is 32.2. The second kappa shape index (κ2) is 7.01. The summed E-state index contributed by atoms with van der Waals surface area (Å²) in [4.78, 5) is 16.8. The number of hydrogen-bond donors (Lipinski definition) is 0. The van der Waals surface area contributed by atoms with Crippen molar-refractivity contribution in [3.63, 3.8) is 0 Å². The molecule has 0 aliphatic carbocycles. The first kappa shape index (κ1) is 15.8. The van der Waals surface area contributed by atoms with Crippen molar-refractivity contribution in [3.8, 4) is 0 Å². The van der Waals surface area contributed by atoms with Crippen LogP contribution in [0, 0.1) is 6.92 Å². The molecule has 3 nitrogen and oxygen atoms in total. The number of hydrogen-bond acceptors (Lipinski definition) is 3. The molecule has 0 aliphatic heterocycles. The molecule has 0 radical (unpaired) electrons. The molecule has 2 heterocycles. The lowest BCUT2D eigenvalue weighted by molar-refractivity contribution is 0.968. The molecule has 0 unspecified atom stereocenters. The highest BCUT2D eigenvalue weighted by molar-refractivity contribution is 7.97. The van der Waals surface area contributed by atoms with Crippen LogP contribution in [0.25, 0.3) is 5.65 Å². The van der Waals surface area contributed by atoms with Gasteiger partial charge in [-0.1, -0.05) is 37.3 Å². The average Bonchev–Trinajstić information content (AvgIpc) is 2.55. The van der Waals surface area contributed by atoms with E-state index in [1.807, 2.05) is 25.1 Å². The van der Waals surface area contributed by atoms with Gasteiger partial charge in [-0.2, -0.15) is 11.8 Å². The summed E-state index contributed by atoms with van der Waals surface area (Å²) >= 11 is 1.78. The highest BCUT2D eigenvalue weighted by Crippen LogP contribution is 2.17. The molecule has 3 aromatic rings. The molecule has 0 spiro atoms.